The average molecular weight is 311 g/mol. The van der Waals surface area contributed by atoms with Crippen LogP contribution in [0.2, 0.25) is 0 Å². The summed E-state index contributed by atoms with van der Waals surface area (Å²) in [6, 6.07) is 2.24. The van der Waals surface area contributed by atoms with E-state index in [2.05, 4.69) is 0 Å². The summed E-state index contributed by atoms with van der Waals surface area (Å²) in [6.07, 6.45) is 0.835. The van der Waals surface area contributed by atoms with Crippen molar-refractivity contribution in [2.45, 2.75) is 9.79 Å². The Balaban J connectivity index is 3.30. The minimum Gasteiger partial charge on any atom is -0.480 e. The summed E-state index contributed by atoms with van der Waals surface area (Å²) >= 11 is 0. The van der Waals surface area contributed by atoms with E-state index < -0.39 is 43.1 Å². The van der Waals surface area contributed by atoms with Gasteiger partial charge in [0, 0.05) is 6.26 Å². The molecule has 0 bridgehead atoms. The van der Waals surface area contributed by atoms with Crippen LogP contribution in [0.4, 0.5) is 4.39 Å². The zero-order chi connectivity index (χ0) is 14.8. The quantitative estimate of drug-likeness (QED) is 0.714. The highest BCUT2D eigenvalue weighted by Crippen LogP contribution is 2.19. The molecule has 0 heterocycles. The van der Waals surface area contributed by atoms with E-state index in [1.165, 1.54) is 0 Å². The van der Waals surface area contributed by atoms with Gasteiger partial charge in [-0.05, 0) is 18.2 Å². The highest BCUT2D eigenvalue weighted by Gasteiger charge is 2.22. The summed E-state index contributed by atoms with van der Waals surface area (Å²) < 4.78 is 60.8. The summed E-state index contributed by atoms with van der Waals surface area (Å²) in [5.74, 6) is -2.63. The van der Waals surface area contributed by atoms with Gasteiger partial charge in [0.1, 0.15) is 17.3 Å². The van der Waals surface area contributed by atoms with Gasteiger partial charge in [0.25, 0.3) is 0 Å². The van der Waals surface area contributed by atoms with Crippen molar-refractivity contribution in [3.05, 3.63) is 24.0 Å². The number of carbonyl (C=O) groups is 1. The zero-order valence-corrected chi connectivity index (χ0v) is 11.3. The molecule has 1 aromatic rings. The fourth-order valence-electron chi connectivity index (χ4n) is 1.15. The standard InChI is InChI=1S/C9H10FNO6S2/c1-18(14,15)6-2-3-7(10)8(4-6)19(16,17)11-5-9(12)13/h2-4,11H,5H2,1H3,(H,12,13). The van der Waals surface area contributed by atoms with Crippen LogP contribution in [0.1, 0.15) is 0 Å². The number of aliphatic carboxylic acids is 1. The lowest BCUT2D eigenvalue weighted by Crippen LogP contribution is -2.30. The predicted octanol–water partition coefficient (Wildman–Crippen LogP) is -0.408. The number of hydrogen-bond acceptors (Lipinski definition) is 5. The van der Waals surface area contributed by atoms with E-state index >= 15 is 0 Å². The number of halogens is 1. The van der Waals surface area contributed by atoms with E-state index in [0.717, 1.165) is 12.3 Å². The maximum atomic E-state index is 13.4. The van der Waals surface area contributed by atoms with Gasteiger partial charge in [0.15, 0.2) is 9.84 Å². The van der Waals surface area contributed by atoms with Gasteiger partial charge in [-0.15, -0.1) is 0 Å². The number of carboxylic acid groups (broad SMARTS) is 1. The third-order valence-electron chi connectivity index (χ3n) is 2.03. The molecular weight excluding hydrogens is 301 g/mol. The number of sulfone groups is 1. The summed E-state index contributed by atoms with van der Waals surface area (Å²) in [6.45, 7) is -0.940. The van der Waals surface area contributed by atoms with Gasteiger partial charge in [-0.25, -0.2) is 21.2 Å². The molecular formula is C9H10FNO6S2. The first-order valence-electron chi connectivity index (χ1n) is 4.75. The van der Waals surface area contributed by atoms with E-state index in [4.69, 9.17) is 5.11 Å². The summed E-state index contributed by atoms with van der Waals surface area (Å²) in [7, 11) is -8.15. The molecule has 19 heavy (non-hydrogen) atoms. The maximum Gasteiger partial charge on any atom is 0.318 e. The average Bonchev–Trinajstić information content (AvgIpc) is 2.25. The monoisotopic (exact) mass is 311 g/mol. The normalized spacial score (nSPS) is 12.3. The molecule has 7 nitrogen and oxygen atoms in total. The zero-order valence-electron chi connectivity index (χ0n) is 9.62. The van der Waals surface area contributed by atoms with Crippen molar-refractivity contribution in [1.29, 1.82) is 0 Å². The Bertz CT molecular complexity index is 710. The first-order valence-corrected chi connectivity index (χ1v) is 8.12. The van der Waals surface area contributed by atoms with Crippen molar-refractivity contribution < 1.29 is 31.1 Å². The van der Waals surface area contributed by atoms with E-state index in [1.54, 1.807) is 4.72 Å². The lowest BCUT2D eigenvalue weighted by Gasteiger charge is -2.07. The third kappa shape index (κ3) is 3.98. The third-order valence-corrected chi connectivity index (χ3v) is 4.56. The Kier molecular flexibility index (Phi) is 4.28. The summed E-state index contributed by atoms with van der Waals surface area (Å²) in [4.78, 5) is 8.97. The second kappa shape index (κ2) is 5.23. The van der Waals surface area contributed by atoms with Gasteiger partial charge in [-0.2, -0.15) is 4.72 Å². The van der Waals surface area contributed by atoms with Crippen molar-refractivity contribution in [2.24, 2.45) is 0 Å². The lowest BCUT2D eigenvalue weighted by molar-refractivity contribution is -0.135. The molecule has 0 aliphatic rings. The van der Waals surface area contributed by atoms with Gasteiger partial charge in [0.2, 0.25) is 10.0 Å². The van der Waals surface area contributed by atoms with Crippen LogP contribution in [0.25, 0.3) is 0 Å². The molecule has 1 rings (SSSR count). The molecule has 0 spiro atoms. The smallest absolute Gasteiger partial charge is 0.318 e. The highest BCUT2D eigenvalue weighted by atomic mass is 32.2. The maximum absolute atomic E-state index is 13.4. The fraction of sp³-hybridized carbons (Fsp3) is 0.222. The molecule has 0 fully saturated rings. The minimum absolute atomic E-state index is 0.385. The number of nitrogens with one attached hydrogen (secondary N) is 1. The number of benzene rings is 1. The van der Waals surface area contributed by atoms with Crippen LogP contribution in [0.3, 0.4) is 0 Å². The summed E-state index contributed by atoms with van der Waals surface area (Å²) in [5.41, 5.74) is 0. The SMILES string of the molecule is CS(=O)(=O)c1ccc(F)c(S(=O)(=O)NCC(=O)O)c1. The second-order valence-electron chi connectivity index (χ2n) is 3.58. The van der Waals surface area contributed by atoms with E-state index in [1.807, 2.05) is 0 Å². The Morgan fingerprint density at radius 1 is 1.32 bits per heavy atom. The largest absolute Gasteiger partial charge is 0.480 e. The van der Waals surface area contributed by atoms with Crippen LogP contribution in [-0.2, 0) is 24.7 Å². The topological polar surface area (TPSA) is 118 Å². The molecule has 0 amide bonds. The van der Waals surface area contributed by atoms with E-state index in [9.17, 15) is 26.0 Å². The molecule has 10 heteroatoms. The molecule has 0 radical (unpaired) electrons. The Morgan fingerprint density at radius 3 is 2.37 bits per heavy atom. The van der Waals surface area contributed by atoms with Crippen molar-refractivity contribution in [3.63, 3.8) is 0 Å². The second-order valence-corrected chi connectivity index (χ2v) is 7.33. The van der Waals surface area contributed by atoms with E-state index in [0.29, 0.717) is 12.1 Å². The van der Waals surface area contributed by atoms with Crippen LogP contribution in [-0.4, -0.2) is 40.7 Å². The van der Waals surface area contributed by atoms with Gasteiger partial charge in [0.05, 0.1) is 4.90 Å². The minimum atomic E-state index is -4.44. The van der Waals surface area contributed by atoms with Crippen LogP contribution in [0.5, 0.6) is 0 Å². The van der Waals surface area contributed by atoms with Crippen LogP contribution < -0.4 is 4.72 Å². The van der Waals surface area contributed by atoms with Crippen molar-refractivity contribution in [2.75, 3.05) is 12.8 Å². The van der Waals surface area contributed by atoms with Crippen LogP contribution in [0.15, 0.2) is 28.0 Å². The number of carboxylic acids is 1. The van der Waals surface area contributed by atoms with Crippen molar-refractivity contribution in [3.8, 4) is 0 Å². The van der Waals surface area contributed by atoms with Gasteiger partial charge < -0.3 is 5.11 Å². The first kappa shape index (κ1) is 15.5. The number of rotatable bonds is 5. The predicted molar refractivity (Wildman–Crippen MR) is 62.3 cm³/mol. The molecule has 0 unspecified atom stereocenters. The Hall–Kier alpha value is -1.52. The number of hydrogen-bond donors (Lipinski definition) is 2. The van der Waals surface area contributed by atoms with Crippen LogP contribution in [0, 0.1) is 5.82 Å². The molecule has 0 atom stereocenters. The van der Waals surface area contributed by atoms with Crippen LogP contribution >= 0.6 is 0 Å². The molecule has 0 aliphatic carbocycles. The highest BCUT2D eigenvalue weighted by molar-refractivity contribution is 7.91. The molecule has 1 aromatic carbocycles. The van der Waals surface area contributed by atoms with Crippen molar-refractivity contribution in [1.82, 2.24) is 4.72 Å². The molecule has 0 aromatic heterocycles. The van der Waals surface area contributed by atoms with Crippen molar-refractivity contribution >= 4 is 25.8 Å². The molecule has 0 saturated carbocycles. The lowest BCUT2D eigenvalue weighted by atomic mass is 10.3. The molecule has 0 saturated heterocycles. The van der Waals surface area contributed by atoms with Gasteiger partial charge in [-0.3, -0.25) is 4.79 Å². The fourth-order valence-corrected chi connectivity index (χ4v) is 2.95. The Morgan fingerprint density at radius 2 is 1.89 bits per heavy atom. The molecule has 106 valence electrons. The molecule has 0 aliphatic heterocycles. The van der Waals surface area contributed by atoms with Gasteiger partial charge in [-0.1, -0.05) is 0 Å². The molecule has 2 N–H and O–H groups in total. The first-order chi connectivity index (χ1) is 8.54. The number of sulfonamides is 1. The Labute approximate surface area is 109 Å². The van der Waals surface area contributed by atoms with E-state index in [-0.39, 0.29) is 4.90 Å². The van der Waals surface area contributed by atoms with Gasteiger partial charge >= 0.3 is 5.97 Å². The summed E-state index contributed by atoms with van der Waals surface area (Å²) in [5, 5.41) is 8.36.